The number of carbonyl (C=O) groups is 1. The molecule has 2 heterocycles. The van der Waals surface area contributed by atoms with E-state index in [2.05, 4.69) is 15.2 Å². The molecule has 1 saturated heterocycles. The van der Waals surface area contributed by atoms with Gasteiger partial charge in [0.15, 0.2) is 9.84 Å². The molecule has 1 aliphatic carbocycles. The van der Waals surface area contributed by atoms with Crippen LogP contribution in [-0.4, -0.2) is 47.8 Å². The number of nitrogens with zero attached hydrogens (tertiary/aromatic N) is 3. The minimum Gasteiger partial charge on any atom is -0.435 e. The number of benzene rings is 1. The molecule has 1 aromatic heterocycles. The number of halogens is 3. The summed E-state index contributed by atoms with van der Waals surface area (Å²) in [6.07, 6.45) is -0.716. The Labute approximate surface area is 217 Å². The van der Waals surface area contributed by atoms with Crippen LogP contribution in [0.25, 0.3) is 11.3 Å². The largest absolute Gasteiger partial charge is 0.435 e. The summed E-state index contributed by atoms with van der Waals surface area (Å²) in [4.78, 5) is 13.4. The molecule has 1 aromatic carbocycles. The first-order chi connectivity index (χ1) is 19.7. The summed E-state index contributed by atoms with van der Waals surface area (Å²) in [6, 6.07) is 1.19. The summed E-state index contributed by atoms with van der Waals surface area (Å²) >= 11 is 0. The molecule has 0 saturated carbocycles. The first-order valence-corrected chi connectivity index (χ1v) is 12.9. The molecule has 2 aromatic rings. The number of aromatic nitrogens is 2. The first kappa shape index (κ1) is 18.2. The maximum atomic E-state index is 15.0. The van der Waals surface area contributed by atoms with Crippen molar-refractivity contribution in [1.29, 1.82) is 5.26 Å². The summed E-state index contributed by atoms with van der Waals surface area (Å²) in [5, 5.41) is 16.4. The summed E-state index contributed by atoms with van der Waals surface area (Å²) in [5.74, 6) is -3.74. The van der Waals surface area contributed by atoms with E-state index in [1.165, 1.54) is 0 Å². The van der Waals surface area contributed by atoms with Crippen LogP contribution < -0.4 is 10.1 Å². The lowest BCUT2D eigenvalue weighted by atomic mass is 9.84. The van der Waals surface area contributed by atoms with Gasteiger partial charge in [-0.1, -0.05) is 0 Å². The monoisotopic (exact) mass is 531 g/mol. The molecular weight excluding hydrogens is 497 g/mol. The number of sulfone groups is 1. The number of rotatable bonds is 6. The lowest BCUT2D eigenvalue weighted by Crippen LogP contribution is -2.54. The van der Waals surface area contributed by atoms with Crippen molar-refractivity contribution in [3.8, 4) is 23.1 Å². The van der Waals surface area contributed by atoms with Crippen molar-refractivity contribution in [2.24, 2.45) is 5.92 Å². The predicted octanol–water partition coefficient (Wildman–Crippen LogP) is 3.56. The van der Waals surface area contributed by atoms with Gasteiger partial charge in [0.1, 0.15) is 17.1 Å². The van der Waals surface area contributed by atoms with Crippen LogP contribution in [0.4, 0.5) is 13.2 Å². The summed E-state index contributed by atoms with van der Waals surface area (Å²) < 4.78 is 126. The van der Waals surface area contributed by atoms with Gasteiger partial charge in [0.25, 0.3) is 0 Å². The molecule has 4 rings (SSSR count). The molecule has 1 amide bonds. The number of hydrogen-bond donors (Lipinski definition) is 1. The Morgan fingerprint density at radius 1 is 1.39 bits per heavy atom. The van der Waals surface area contributed by atoms with Crippen LogP contribution in [0.3, 0.4) is 0 Å². The molecule has 8 nitrogen and oxygen atoms in total. The van der Waals surface area contributed by atoms with Crippen LogP contribution >= 0.6 is 0 Å². The number of ether oxygens (including phenoxy) is 1. The van der Waals surface area contributed by atoms with Gasteiger partial charge >= 0.3 is 6.61 Å². The molecule has 0 radical (unpaired) electrons. The third kappa shape index (κ3) is 5.21. The van der Waals surface area contributed by atoms with E-state index in [-0.39, 0.29) is 60.6 Å². The lowest BCUT2D eigenvalue weighted by molar-refractivity contribution is -0.126. The van der Waals surface area contributed by atoms with Crippen molar-refractivity contribution in [2.75, 3.05) is 11.5 Å². The van der Waals surface area contributed by atoms with Crippen LogP contribution in [0.15, 0.2) is 18.2 Å². The standard InChI is InChI=1S/C24H27F3N4O4S/c1-14(2)31-20-11-15(22(32)29-24(13-28)7-9-36(33,34)10-8-24)3-5-17(20)21(30-31)18-12-16(35-23(26)27)4-6-19(18)25/h4,6,12,14-15,23H,3,5,7-11H2,1-2H3,(H,29,32)/t15-/m1/s1/i1D3,2D3,14D. The average molecular weight is 532 g/mol. The van der Waals surface area contributed by atoms with Crippen LogP contribution in [0, 0.1) is 23.1 Å². The molecule has 1 fully saturated rings. The topological polar surface area (TPSA) is 114 Å². The second kappa shape index (κ2) is 9.76. The van der Waals surface area contributed by atoms with Gasteiger partial charge in [-0.2, -0.15) is 19.1 Å². The van der Waals surface area contributed by atoms with Gasteiger partial charge in [-0.25, -0.2) is 12.8 Å². The van der Waals surface area contributed by atoms with Crippen LogP contribution in [-0.2, 0) is 27.5 Å². The first-order valence-electron chi connectivity index (χ1n) is 14.5. The molecule has 1 aliphatic heterocycles. The fourth-order valence-corrected chi connectivity index (χ4v) is 6.11. The maximum absolute atomic E-state index is 15.0. The number of hydrogen-bond acceptors (Lipinski definition) is 6. The number of alkyl halides is 2. The number of amides is 1. The van der Waals surface area contributed by atoms with Crippen LogP contribution in [0.1, 0.15) is 59.8 Å². The Balaban J connectivity index is 1.81. The smallest absolute Gasteiger partial charge is 0.387 e. The zero-order valence-corrected chi connectivity index (χ0v) is 19.7. The molecule has 1 atom stereocenters. The second-order valence-electron chi connectivity index (χ2n) is 8.83. The molecule has 12 heteroatoms. The average Bonchev–Trinajstić information content (AvgIpc) is 3.28. The molecule has 1 N–H and O–H groups in total. The van der Waals surface area contributed by atoms with E-state index >= 15 is 4.39 Å². The Hall–Kier alpha value is -3.07. The number of nitriles is 1. The van der Waals surface area contributed by atoms with E-state index in [4.69, 9.17) is 9.60 Å². The SMILES string of the molecule is [2H]C([2H])([2H])C([2H])(n1nc(-c2cc(OC(F)F)ccc2F)c2c1C[C@H](C(=O)NC1(C#N)CCS(=O)(=O)CC1)CC2)C([2H])([2H])[2H]. The van der Waals surface area contributed by atoms with E-state index < -0.39 is 70.7 Å². The van der Waals surface area contributed by atoms with Gasteiger partial charge in [-0.05, 0) is 57.6 Å². The highest BCUT2D eigenvalue weighted by Gasteiger charge is 2.41. The highest BCUT2D eigenvalue weighted by molar-refractivity contribution is 7.91. The van der Waals surface area contributed by atoms with Crippen LogP contribution in [0.2, 0.25) is 0 Å². The van der Waals surface area contributed by atoms with Crippen molar-refractivity contribution in [3.63, 3.8) is 0 Å². The predicted molar refractivity (Wildman–Crippen MR) is 125 cm³/mol. The highest BCUT2D eigenvalue weighted by Crippen LogP contribution is 2.37. The van der Waals surface area contributed by atoms with Gasteiger partial charge in [0.2, 0.25) is 5.91 Å². The fourth-order valence-electron chi connectivity index (χ4n) is 4.59. The number of fused-ring (bicyclic) bond motifs is 1. The molecule has 0 bridgehead atoms. The summed E-state index contributed by atoms with van der Waals surface area (Å²) in [6.45, 7) is -10.3. The van der Waals surface area contributed by atoms with Gasteiger partial charge < -0.3 is 10.1 Å². The maximum Gasteiger partial charge on any atom is 0.387 e. The zero-order chi connectivity index (χ0) is 32.2. The lowest BCUT2D eigenvalue weighted by Gasteiger charge is -2.33. The van der Waals surface area contributed by atoms with Crippen molar-refractivity contribution in [3.05, 3.63) is 35.3 Å². The molecule has 0 spiro atoms. The Morgan fingerprint density at radius 2 is 2.11 bits per heavy atom. The highest BCUT2D eigenvalue weighted by atomic mass is 32.2. The second-order valence-corrected chi connectivity index (χ2v) is 11.1. The Morgan fingerprint density at radius 3 is 2.75 bits per heavy atom. The van der Waals surface area contributed by atoms with E-state index in [0.717, 1.165) is 18.2 Å². The molecule has 0 unspecified atom stereocenters. The normalized spacial score (nSPS) is 24.4. The van der Waals surface area contributed by atoms with E-state index in [1.54, 1.807) is 0 Å². The van der Waals surface area contributed by atoms with Gasteiger partial charge in [0, 0.05) is 43.4 Å². The van der Waals surface area contributed by atoms with Crippen LogP contribution in [0.5, 0.6) is 5.75 Å². The van der Waals surface area contributed by atoms with Gasteiger partial charge in [0.05, 0.1) is 24.6 Å². The molecule has 36 heavy (non-hydrogen) atoms. The van der Waals surface area contributed by atoms with E-state index in [0.29, 0.717) is 4.68 Å². The minimum absolute atomic E-state index is 0.0404. The Kier molecular flexibility index (Phi) is 4.94. The van der Waals surface area contributed by atoms with Crippen molar-refractivity contribution >= 4 is 15.7 Å². The summed E-state index contributed by atoms with van der Waals surface area (Å²) in [7, 11) is -3.37. The van der Waals surface area contributed by atoms with Gasteiger partial charge in [-0.15, -0.1) is 0 Å². The molecular formula is C24H27F3N4O4S. The quantitative estimate of drug-likeness (QED) is 0.610. The molecule has 194 valence electrons. The summed E-state index contributed by atoms with van der Waals surface area (Å²) in [5.41, 5.74) is -2.25. The van der Waals surface area contributed by atoms with E-state index in [1.807, 2.05) is 6.07 Å². The number of nitrogens with one attached hydrogen (secondary N) is 1. The zero-order valence-electron chi connectivity index (χ0n) is 25.9. The van der Waals surface area contributed by atoms with Crippen molar-refractivity contribution in [1.82, 2.24) is 15.1 Å². The van der Waals surface area contributed by atoms with Crippen molar-refractivity contribution in [2.45, 2.75) is 64.0 Å². The third-order valence-corrected chi connectivity index (χ3v) is 8.18. The molecule has 2 aliphatic rings. The number of carbonyl (C=O) groups excluding carboxylic acids is 1. The van der Waals surface area contributed by atoms with E-state index in [9.17, 15) is 27.3 Å². The fraction of sp³-hybridized carbons (Fsp3) is 0.542. The minimum atomic E-state index is -3.51. The third-order valence-electron chi connectivity index (χ3n) is 6.53. The van der Waals surface area contributed by atoms with Gasteiger partial charge in [-0.3, -0.25) is 9.48 Å². The van der Waals surface area contributed by atoms with Crippen molar-refractivity contribution < 1.29 is 40.7 Å². The Bertz CT molecular complexity index is 1540.